The minimum atomic E-state index is -0.570. The van der Waals surface area contributed by atoms with Crippen LogP contribution in [0.25, 0.3) is 0 Å². The molecule has 0 bridgehead atoms. The maximum Gasteiger partial charge on any atom is 0.254 e. The normalized spacial score (nSPS) is 35.9. The quantitative estimate of drug-likeness (QED) is 0.787. The third kappa shape index (κ3) is 2.63. The van der Waals surface area contributed by atoms with Crippen LogP contribution in [0.4, 0.5) is 0 Å². The molecule has 2 heterocycles. The van der Waals surface area contributed by atoms with Crippen LogP contribution in [0.5, 0.6) is 0 Å². The second-order valence-electron chi connectivity index (χ2n) is 5.70. The molecule has 2 saturated heterocycles. The van der Waals surface area contributed by atoms with Crippen molar-refractivity contribution in [2.24, 2.45) is 11.7 Å². The monoisotopic (exact) mass is 240 g/mol. The molecule has 4 heteroatoms. The first-order chi connectivity index (χ1) is 8.03. The number of hydrogen-bond acceptors (Lipinski definition) is 3. The van der Waals surface area contributed by atoms with Crippen molar-refractivity contribution in [3.63, 3.8) is 0 Å². The van der Waals surface area contributed by atoms with E-state index in [4.69, 9.17) is 10.5 Å². The van der Waals surface area contributed by atoms with Gasteiger partial charge in [0.2, 0.25) is 0 Å². The van der Waals surface area contributed by atoms with Gasteiger partial charge in [-0.2, -0.15) is 0 Å². The first-order valence-corrected chi connectivity index (χ1v) is 6.72. The fraction of sp³-hybridized carbons (Fsp3) is 0.923. The van der Waals surface area contributed by atoms with E-state index in [9.17, 15) is 4.79 Å². The van der Waals surface area contributed by atoms with Crippen molar-refractivity contribution in [1.82, 2.24) is 4.90 Å². The van der Waals surface area contributed by atoms with E-state index in [-0.39, 0.29) is 11.9 Å². The van der Waals surface area contributed by atoms with Gasteiger partial charge in [0.15, 0.2) is 0 Å². The summed E-state index contributed by atoms with van der Waals surface area (Å²) in [6.07, 6.45) is 4.05. The number of ether oxygens (including phenoxy) is 1. The largest absolute Gasteiger partial charge is 0.365 e. The Labute approximate surface area is 103 Å². The standard InChI is InChI=1S/C13H24N2O2/c1-10(14)11-5-3-7-15(9-11)12(16)13(2)6-4-8-17-13/h10-11H,3-9,14H2,1-2H3. The molecule has 2 rings (SSSR count). The van der Waals surface area contributed by atoms with Gasteiger partial charge in [0.25, 0.3) is 5.91 Å². The lowest BCUT2D eigenvalue weighted by Gasteiger charge is -2.38. The van der Waals surface area contributed by atoms with Crippen LogP contribution in [-0.4, -0.2) is 42.1 Å². The summed E-state index contributed by atoms with van der Waals surface area (Å²) in [4.78, 5) is 14.4. The van der Waals surface area contributed by atoms with E-state index in [0.717, 1.165) is 38.8 Å². The van der Waals surface area contributed by atoms with E-state index >= 15 is 0 Å². The SMILES string of the molecule is CC(N)C1CCCN(C(=O)C2(C)CCCO2)C1. The van der Waals surface area contributed by atoms with Crippen LogP contribution in [0.2, 0.25) is 0 Å². The number of piperidine rings is 1. The van der Waals surface area contributed by atoms with E-state index in [0.29, 0.717) is 12.5 Å². The zero-order valence-electron chi connectivity index (χ0n) is 10.9. The number of amides is 1. The molecule has 2 aliphatic rings. The Kier molecular flexibility index (Phi) is 3.73. The van der Waals surface area contributed by atoms with Crippen LogP contribution in [0.1, 0.15) is 39.5 Å². The highest BCUT2D eigenvalue weighted by Crippen LogP contribution is 2.29. The average molecular weight is 240 g/mol. The fourth-order valence-corrected chi connectivity index (χ4v) is 2.91. The molecule has 0 spiro atoms. The number of carbonyl (C=O) groups excluding carboxylic acids is 1. The van der Waals surface area contributed by atoms with Crippen molar-refractivity contribution < 1.29 is 9.53 Å². The van der Waals surface area contributed by atoms with Gasteiger partial charge in [0, 0.05) is 25.7 Å². The number of carbonyl (C=O) groups is 1. The van der Waals surface area contributed by atoms with Gasteiger partial charge < -0.3 is 15.4 Å². The Balaban J connectivity index is 1.99. The Hall–Kier alpha value is -0.610. The number of nitrogens with two attached hydrogens (primary N) is 1. The van der Waals surface area contributed by atoms with Crippen LogP contribution >= 0.6 is 0 Å². The van der Waals surface area contributed by atoms with Gasteiger partial charge in [-0.25, -0.2) is 0 Å². The van der Waals surface area contributed by atoms with E-state index in [1.165, 1.54) is 0 Å². The molecule has 2 fully saturated rings. The average Bonchev–Trinajstić information content (AvgIpc) is 2.76. The van der Waals surface area contributed by atoms with Crippen LogP contribution in [0.3, 0.4) is 0 Å². The molecule has 2 N–H and O–H groups in total. The molecule has 3 atom stereocenters. The lowest BCUT2D eigenvalue weighted by Crippen LogP contribution is -2.52. The summed E-state index contributed by atoms with van der Waals surface area (Å²) in [5, 5.41) is 0. The minimum Gasteiger partial charge on any atom is -0.365 e. The first-order valence-electron chi connectivity index (χ1n) is 6.72. The number of hydrogen-bond donors (Lipinski definition) is 1. The highest BCUT2D eigenvalue weighted by molar-refractivity contribution is 5.85. The molecule has 0 aromatic rings. The molecular weight excluding hydrogens is 216 g/mol. The number of nitrogens with zero attached hydrogens (tertiary/aromatic N) is 1. The molecule has 0 aromatic heterocycles. The van der Waals surface area contributed by atoms with E-state index < -0.39 is 5.60 Å². The molecule has 17 heavy (non-hydrogen) atoms. The minimum absolute atomic E-state index is 0.167. The molecule has 4 nitrogen and oxygen atoms in total. The third-order valence-electron chi connectivity index (χ3n) is 4.16. The maximum absolute atomic E-state index is 12.5. The first kappa shape index (κ1) is 12.8. The topological polar surface area (TPSA) is 55.6 Å². The van der Waals surface area contributed by atoms with Crippen molar-refractivity contribution in [1.29, 1.82) is 0 Å². The Morgan fingerprint density at radius 2 is 2.29 bits per heavy atom. The van der Waals surface area contributed by atoms with Crippen LogP contribution in [0, 0.1) is 5.92 Å². The van der Waals surface area contributed by atoms with Crippen molar-refractivity contribution in [2.75, 3.05) is 19.7 Å². The van der Waals surface area contributed by atoms with Gasteiger partial charge in [0.05, 0.1) is 0 Å². The summed E-state index contributed by atoms with van der Waals surface area (Å²) in [5.74, 6) is 0.609. The summed E-state index contributed by atoms with van der Waals surface area (Å²) >= 11 is 0. The molecule has 98 valence electrons. The lowest BCUT2D eigenvalue weighted by molar-refractivity contribution is -0.153. The number of likely N-dealkylation sites (tertiary alicyclic amines) is 1. The fourth-order valence-electron chi connectivity index (χ4n) is 2.91. The van der Waals surface area contributed by atoms with Crippen LogP contribution in [0.15, 0.2) is 0 Å². The van der Waals surface area contributed by atoms with Crippen molar-refractivity contribution in [3.8, 4) is 0 Å². The van der Waals surface area contributed by atoms with Gasteiger partial charge in [-0.3, -0.25) is 4.79 Å². The summed E-state index contributed by atoms with van der Waals surface area (Å²) in [6, 6.07) is 0.169. The van der Waals surface area contributed by atoms with Crippen LogP contribution in [-0.2, 0) is 9.53 Å². The zero-order chi connectivity index (χ0) is 12.5. The summed E-state index contributed by atoms with van der Waals surface area (Å²) < 4.78 is 5.63. The molecule has 0 radical (unpaired) electrons. The van der Waals surface area contributed by atoms with Gasteiger partial charge >= 0.3 is 0 Å². The van der Waals surface area contributed by atoms with Gasteiger partial charge in [-0.1, -0.05) is 0 Å². The summed E-state index contributed by atoms with van der Waals surface area (Å²) in [7, 11) is 0. The van der Waals surface area contributed by atoms with E-state index in [1.54, 1.807) is 0 Å². The second kappa shape index (κ2) is 4.94. The maximum atomic E-state index is 12.5. The lowest BCUT2D eigenvalue weighted by atomic mass is 9.90. The molecule has 2 aliphatic heterocycles. The highest BCUT2D eigenvalue weighted by atomic mass is 16.5. The van der Waals surface area contributed by atoms with Gasteiger partial charge in [0.1, 0.15) is 5.60 Å². The van der Waals surface area contributed by atoms with Crippen molar-refractivity contribution in [2.45, 2.75) is 51.2 Å². The molecule has 0 aliphatic carbocycles. The Morgan fingerprint density at radius 3 is 2.88 bits per heavy atom. The Bertz CT molecular complexity index is 285. The third-order valence-corrected chi connectivity index (χ3v) is 4.16. The molecule has 0 aromatic carbocycles. The molecule has 0 saturated carbocycles. The molecule has 3 unspecified atom stereocenters. The van der Waals surface area contributed by atoms with Crippen molar-refractivity contribution in [3.05, 3.63) is 0 Å². The predicted molar refractivity (Wildman–Crippen MR) is 66.5 cm³/mol. The highest BCUT2D eigenvalue weighted by Gasteiger charge is 2.41. The summed E-state index contributed by atoms with van der Waals surface area (Å²) in [6.45, 7) is 6.34. The number of rotatable bonds is 2. The summed E-state index contributed by atoms with van der Waals surface area (Å²) in [5.41, 5.74) is 5.38. The predicted octanol–water partition coefficient (Wildman–Crippen LogP) is 1.14. The zero-order valence-corrected chi connectivity index (χ0v) is 10.9. The van der Waals surface area contributed by atoms with E-state index in [1.807, 2.05) is 18.7 Å². The van der Waals surface area contributed by atoms with Gasteiger partial charge in [-0.15, -0.1) is 0 Å². The molecule has 1 amide bonds. The van der Waals surface area contributed by atoms with Gasteiger partial charge in [-0.05, 0) is 45.4 Å². The smallest absolute Gasteiger partial charge is 0.254 e. The van der Waals surface area contributed by atoms with Crippen LogP contribution < -0.4 is 5.73 Å². The van der Waals surface area contributed by atoms with Crippen molar-refractivity contribution >= 4 is 5.91 Å². The second-order valence-corrected chi connectivity index (χ2v) is 5.70. The molecular formula is C13H24N2O2. The van der Waals surface area contributed by atoms with E-state index in [2.05, 4.69) is 0 Å². The Morgan fingerprint density at radius 1 is 1.53 bits per heavy atom.